The van der Waals surface area contributed by atoms with Crippen LogP contribution in [0.2, 0.25) is 5.02 Å². The molecular formula is C24H24ClN3O6. The molecule has 2 fully saturated rings. The number of nitrogens with zero attached hydrogens (tertiary/aromatic N) is 3. The number of Topliss-reactive ketones (excluding diaryl/α,β-unsaturated/α-hetero) is 1. The van der Waals surface area contributed by atoms with Crippen LogP contribution in [0.5, 0.6) is 0 Å². The molecule has 2 aromatic rings. The first-order valence-corrected chi connectivity index (χ1v) is 11.3. The number of hydrogen-bond donors (Lipinski definition) is 1. The van der Waals surface area contributed by atoms with E-state index in [1.54, 1.807) is 30.3 Å². The Balaban J connectivity index is 1.70. The van der Waals surface area contributed by atoms with E-state index in [1.165, 1.54) is 23.1 Å². The molecule has 2 aliphatic heterocycles. The summed E-state index contributed by atoms with van der Waals surface area (Å²) in [5.74, 6) is -1.91. The lowest BCUT2D eigenvalue weighted by atomic mass is 9.95. The fraction of sp³-hybridized carbons (Fsp3) is 0.333. The third kappa shape index (κ3) is 4.96. The molecule has 2 heterocycles. The molecule has 0 unspecified atom stereocenters. The molecule has 1 atom stereocenters. The van der Waals surface area contributed by atoms with Crippen molar-refractivity contribution in [3.05, 3.63) is 80.4 Å². The number of nitro groups is 1. The van der Waals surface area contributed by atoms with Crippen molar-refractivity contribution < 1.29 is 24.4 Å². The first kappa shape index (κ1) is 23.9. The standard InChI is InChI=1S/C24H24ClN3O6/c25-18-7-5-16(6-8-18)22(29)20-21(17-3-1-4-19(15-17)28(32)33)27(24(31)23(20)30)10-2-9-26-11-13-34-14-12-26/h1,3-8,15,21,29H,2,9-14H2/t21-/m1/s1. The van der Waals surface area contributed by atoms with E-state index in [2.05, 4.69) is 4.90 Å². The Bertz CT molecular complexity index is 1130. The number of aliphatic hydroxyl groups is 1. The fourth-order valence-electron chi connectivity index (χ4n) is 4.32. The first-order valence-electron chi connectivity index (χ1n) is 11.0. The zero-order valence-corrected chi connectivity index (χ0v) is 19.1. The molecule has 0 radical (unpaired) electrons. The van der Waals surface area contributed by atoms with Crippen molar-refractivity contribution in [3.8, 4) is 0 Å². The van der Waals surface area contributed by atoms with Crippen LogP contribution >= 0.6 is 11.6 Å². The van der Waals surface area contributed by atoms with Crippen molar-refractivity contribution in [2.45, 2.75) is 12.5 Å². The van der Waals surface area contributed by atoms with Crippen molar-refractivity contribution in [3.63, 3.8) is 0 Å². The van der Waals surface area contributed by atoms with E-state index in [0.29, 0.717) is 42.3 Å². The lowest BCUT2D eigenvalue weighted by Crippen LogP contribution is -2.39. The lowest BCUT2D eigenvalue weighted by molar-refractivity contribution is -0.384. The normalized spacial score (nSPS) is 20.6. The Hall–Kier alpha value is -3.27. The van der Waals surface area contributed by atoms with E-state index in [1.807, 2.05) is 0 Å². The highest BCUT2D eigenvalue weighted by atomic mass is 35.5. The summed E-state index contributed by atoms with van der Waals surface area (Å²) in [5.41, 5.74) is 0.448. The summed E-state index contributed by atoms with van der Waals surface area (Å²) in [6.07, 6.45) is 0.597. The van der Waals surface area contributed by atoms with Gasteiger partial charge in [-0.3, -0.25) is 24.6 Å². The Morgan fingerprint density at radius 3 is 2.50 bits per heavy atom. The van der Waals surface area contributed by atoms with Crippen LogP contribution in [0.15, 0.2) is 54.1 Å². The van der Waals surface area contributed by atoms with Crippen LogP contribution in [-0.2, 0) is 14.3 Å². The maximum absolute atomic E-state index is 13.1. The van der Waals surface area contributed by atoms with Crippen molar-refractivity contribution in [2.75, 3.05) is 39.4 Å². The molecule has 0 aliphatic carbocycles. The smallest absolute Gasteiger partial charge is 0.295 e. The molecule has 9 nitrogen and oxygen atoms in total. The summed E-state index contributed by atoms with van der Waals surface area (Å²) in [5, 5.41) is 22.9. The Kier molecular flexibility index (Phi) is 7.26. The van der Waals surface area contributed by atoms with Crippen LogP contribution in [0.4, 0.5) is 5.69 Å². The number of carbonyl (C=O) groups is 2. The fourth-order valence-corrected chi connectivity index (χ4v) is 4.44. The number of ketones is 1. The molecule has 0 saturated carbocycles. The van der Waals surface area contributed by atoms with Gasteiger partial charge in [-0.15, -0.1) is 0 Å². The van der Waals surface area contributed by atoms with Crippen molar-refractivity contribution in [2.24, 2.45) is 0 Å². The zero-order chi connectivity index (χ0) is 24.2. The highest BCUT2D eigenvalue weighted by Crippen LogP contribution is 2.40. The van der Waals surface area contributed by atoms with Gasteiger partial charge in [-0.2, -0.15) is 0 Å². The second-order valence-corrected chi connectivity index (χ2v) is 8.60. The number of aliphatic hydroxyl groups excluding tert-OH is 1. The molecule has 10 heteroatoms. The Labute approximate surface area is 201 Å². The molecule has 1 amide bonds. The van der Waals surface area contributed by atoms with Gasteiger partial charge in [-0.1, -0.05) is 23.7 Å². The number of ether oxygens (including phenoxy) is 1. The number of halogens is 1. The second kappa shape index (κ2) is 10.3. The minimum atomic E-state index is -0.944. The summed E-state index contributed by atoms with van der Waals surface area (Å²) in [7, 11) is 0. The number of carbonyl (C=O) groups excluding carboxylic acids is 2. The summed E-state index contributed by atoms with van der Waals surface area (Å²) >= 11 is 5.94. The topological polar surface area (TPSA) is 113 Å². The molecule has 2 aliphatic rings. The Morgan fingerprint density at radius 2 is 1.82 bits per heavy atom. The van der Waals surface area contributed by atoms with E-state index in [9.17, 15) is 24.8 Å². The van der Waals surface area contributed by atoms with Crippen LogP contribution in [0.25, 0.3) is 5.76 Å². The molecule has 4 rings (SSSR count). The van der Waals surface area contributed by atoms with Crippen LogP contribution in [-0.4, -0.2) is 70.9 Å². The third-order valence-corrected chi connectivity index (χ3v) is 6.28. The minimum absolute atomic E-state index is 0.0980. The monoisotopic (exact) mass is 485 g/mol. The van der Waals surface area contributed by atoms with Gasteiger partial charge in [-0.25, -0.2) is 0 Å². The average molecular weight is 486 g/mol. The number of morpholine rings is 1. The number of likely N-dealkylation sites (tertiary alicyclic amines) is 1. The number of hydrogen-bond acceptors (Lipinski definition) is 7. The molecule has 0 spiro atoms. The minimum Gasteiger partial charge on any atom is -0.507 e. The molecule has 0 aromatic heterocycles. The molecule has 0 bridgehead atoms. The summed E-state index contributed by atoms with van der Waals surface area (Å²) in [6.45, 7) is 3.86. The molecule has 2 saturated heterocycles. The van der Waals surface area contributed by atoms with Crippen molar-refractivity contribution >= 4 is 34.7 Å². The van der Waals surface area contributed by atoms with Crippen molar-refractivity contribution in [1.82, 2.24) is 9.80 Å². The SMILES string of the molecule is O=C1C(=O)N(CCCN2CCOCC2)[C@H](c2cccc([N+](=O)[O-])c2)C1=C(O)c1ccc(Cl)cc1. The van der Waals surface area contributed by atoms with E-state index in [-0.39, 0.29) is 23.6 Å². The van der Waals surface area contributed by atoms with Gasteiger partial charge in [0.25, 0.3) is 17.4 Å². The van der Waals surface area contributed by atoms with Gasteiger partial charge in [0, 0.05) is 48.9 Å². The molecule has 34 heavy (non-hydrogen) atoms. The Morgan fingerprint density at radius 1 is 1.12 bits per heavy atom. The first-order chi connectivity index (χ1) is 16.4. The van der Waals surface area contributed by atoms with Crippen LogP contribution < -0.4 is 0 Å². The summed E-state index contributed by atoms with van der Waals surface area (Å²) < 4.78 is 5.36. The number of rotatable bonds is 7. The zero-order valence-electron chi connectivity index (χ0n) is 18.4. The number of benzene rings is 2. The van der Waals surface area contributed by atoms with E-state index in [4.69, 9.17) is 16.3 Å². The van der Waals surface area contributed by atoms with E-state index < -0.39 is 22.7 Å². The van der Waals surface area contributed by atoms with Gasteiger partial charge in [0.05, 0.1) is 29.8 Å². The van der Waals surface area contributed by atoms with Gasteiger partial charge in [0.15, 0.2) is 0 Å². The third-order valence-electron chi connectivity index (χ3n) is 6.03. The van der Waals surface area contributed by atoms with E-state index >= 15 is 0 Å². The van der Waals surface area contributed by atoms with Crippen LogP contribution in [0, 0.1) is 10.1 Å². The van der Waals surface area contributed by atoms with Crippen LogP contribution in [0.1, 0.15) is 23.6 Å². The van der Waals surface area contributed by atoms with Gasteiger partial charge >= 0.3 is 0 Å². The van der Waals surface area contributed by atoms with Crippen molar-refractivity contribution in [1.29, 1.82) is 0 Å². The maximum Gasteiger partial charge on any atom is 0.295 e. The van der Waals surface area contributed by atoms with Gasteiger partial charge in [0.2, 0.25) is 0 Å². The number of nitro benzene ring substituents is 1. The summed E-state index contributed by atoms with van der Waals surface area (Å²) in [6, 6.07) is 11.1. The van der Waals surface area contributed by atoms with Gasteiger partial charge in [-0.05, 0) is 36.2 Å². The lowest BCUT2D eigenvalue weighted by Gasteiger charge is -2.29. The number of non-ortho nitro benzene ring substituents is 1. The van der Waals surface area contributed by atoms with Crippen LogP contribution in [0.3, 0.4) is 0 Å². The molecule has 1 N–H and O–H groups in total. The molecule has 178 valence electrons. The highest BCUT2D eigenvalue weighted by Gasteiger charge is 2.46. The molecular weight excluding hydrogens is 462 g/mol. The molecule has 2 aromatic carbocycles. The van der Waals surface area contributed by atoms with Gasteiger partial charge < -0.3 is 14.7 Å². The number of amides is 1. The quantitative estimate of drug-likeness (QED) is 0.210. The van der Waals surface area contributed by atoms with E-state index in [0.717, 1.165) is 13.1 Å². The predicted octanol–water partition coefficient (Wildman–Crippen LogP) is 3.39. The summed E-state index contributed by atoms with van der Waals surface area (Å²) in [4.78, 5) is 40.5. The largest absolute Gasteiger partial charge is 0.507 e. The maximum atomic E-state index is 13.1. The highest BCUT2D eigenvalue weighted by molar-refractivity contribution is 6.46. The predicted molar refractivity (Wildman–Crippen MR) is 125 cm³/mol. The van der Waals surface area contributed by atoms with Gasteiger partial charge in [0.1, 0.15) is 5.76 Å². The second-order valence-electron chi connectivity index (χ2n) is 8.16. The average Bonchev–Trinajstić information content (AvgIpc) is 3.10.